The minimum atomic E-state index is -0.845. The van der Waals surface area contributed by atoms with Gasteiger partial charge in [0.2, 0.25) is 5.91 Å². The molecular formula is C26H24N4O5S. The number of thioether (sulfide) groups is 1. The van der Waals surface area contributed by atoms with Crippen molar-refractivity contribution in [2.45, 2.75) is 24.5 Å². The Balaban J connectivity index is 1.87. The van der Waals surface area contributed by atoms with Gasteiger partial charge in [0.1, 0.15) is 16.8 Å². The van der Waals surface area contributed by atoms with E-state index in [9.17, 15) is 19.6 Å². The minimum absolute atomic E-state index is 0.0611. The second-order valence-corrected chi connectivity index (χ2v) is 9.41. The molecule has 1 saturated heterocycles. The number of benzene rings is 2. The summed E-state index contributed by atoms with van der Waals surface area (Å²) in [4.78, 5) is 40.1. The third kappa shape index (κ3) is 4.53. The van der Waals surface area contributed by atoms with Crippen molar-refractivity contribution < 1.29 is 23.9 Å². The second kappa shape index (κ2) is 10.2. The zero-order valence-electron chi connectivity index (χ0n) is 19.9. The number of carbonyl (C=O) groups is 3. The van der Waals surface area contributed by atoms with Crippen LogP contribution < -0.4 is 15.8 Å². The number of carbonyl (C=O) groups excluding carboxylic acids is 3. The molecule has 0 aromatic heterocycles. The van der Waals surface area contributed by atoms with E-state index in [1.807, 2.05) is 25.1 Å². The lowest BCUT2D eigenvalue weighted by molar-refractivity contribution is -0.142. The maximum absolute atomic E-state index is 13.8. The summed E-state index contributed by atoms with van der Waals surface area (Å²) in [6.45, 7) is 1.90. The lowest BCUT2D eigenvalue weighted by Gasteiger charge is -2.32. The predicted octanol–water partition coefficient (Wildman–Crippen LogP) is 3.15. The molecule has 0 spiro atoms. The molecule has 2 aliphatic rings. The monoisotopic (exact) mass is 504 g/mol. The fourth-order valence-corrected chi connectivity index (χ4v) is 5.52. The molecule has 2 aliphatic heterocycles. The number of methoxy groups -OCH3 is 2. The average molecular weight is 505 g/mol. The molecule has 10 heteroatoms. The van der Waals surface area contributed by atoms with Crippen molar-refractivity contribution in [1.82, 2.24) is 4.90 Å². The van der Waals surface area contributed by atoms with Crippen LogP contribution in [0.5, 0.6) is 5.75 Å². The molecule has 0 unspecified atom stereocenters. The molecule has 0 bridgehead atoms. The van der Waals surface area contributed by atoms with Gasteiger partial charge in [-0.05, 0) is 42.3 Å². The molecule has 9 nitrogen and oxygen atoms in total. The van der Waals surface area contributed by atoms with Crippen LogP contribution in [0, 0.1) is 18.3 Å². The van der Waals surface area contributed by atoms with Gasteiger partial charge in [0, 0.05) is 5.69 Å². The van der Waals surface area contributed by atoms with Crippen molar-refractivity contribution in [3.8, 4) is 11.8 Å². The van der Waals surface area contributed by atoms with E-state index >= 15 is 0 Å². The summed E-state index contributed by atoms with van der Waals surface area (Å²) in [5.74, 6) is -1.84. The third-order valence-electron chi connectivity index (χ3n) is 5.95. The van der Waals surface area contributed by atoms with Gasteiger partial charge in [0.15, 0.2) is 0 Å². The molecule has 2 aromatic carbocycles. The number of hydrogen-bond donors (Lipinski definition) is 2. The molecule has 2 atom stereocenters. The van der Waals surface area contributed by atoms with Gasteiger partial charge in [-0.2, -0.15) is 5.26 Å². The Morgan fingerprint density at radius 1 is 1.19 bits per heavy atom. The lowest BCUT2D eigenvalue weighted by Crippen LogP contribution is -2.39. The molecule has 1 fully saturated rings. The van der Waals surface area contributed by atoms with E-state index in [-0.39, 0.29) is 28.4 Å². The first-order valence-electron chi connectivity index (χ1n) is 11.0. The van der Waals surface area contributed by atoms with Gasteiger partial charge in [-0.15, -0.1) is 0 Å². The van der Waals surface area contributed by atoms with Gasteiger partial charge >= 0.3 is 5.97 Å². The van der Waals surface area contributed by atoms with Crippen molar-refractivity contribution in [1.29, 1.82) is 5.26 Å². The molecule has 0 saturated carbocycles. The Morgan fingerprint density at radius 2 is 1.92 bits per heavy atom. The average Bonchev–Trinajstić information content (AvgIpc) is 3.19. The van der Waals surface area contributed by atoms with E-state index < -0.39 is 29.0 Å². The first-order valence-corrected chi connectivity index (χ1v) is 11.9. The Labute approximate surface area is 212 Å². The van der Waals surface area contributed by atoms with Crippen LogP contribution in [0.15, 0.2) is 70.5 Å². The van der Waals surface area contributed by atoms with Crippen LogP contribution in [-0.2, 0) is 19.1 Å². The van der Waals surface area contributed by atoms with Gasteiger partial charge in [0.25, 0.3) is 5.91 Å². The number of aryl methyl sites for hydroxylation is 1. The summed E-state index contributed by atoms with van der Waals surface area (Å²) < 4.78 is 9.98. The lowest BCUT2D eigenvalue weighted by atomic mass is 9.82. The highest BCUT2D eigenvalue weighted by molar-refractivity contribution is 8.04. The summed E-state index contributed by atoms with van der Waals surface area (Å²) in [5.41, 5.74) is 8.75. The molecule has 36 heavy (non-hydrogen) atoms. The highest BCUT2D eigenvalue weighted by Gasteiger charge is 2.48. The summed E-state index contributed by atoms with van der Waals surface area (Å²) in [6.07, 6.45) is -0.199. The number of hydrogen-bond acceptors (Lipinski definition) is 8. The number of nitrogens with two attached hydrogens (primary N) is 1. The van der Waals surface area contributed by atoms with Gasteiger partial charge in [-0.1, -0.05) is 36.0 Å². The van der Waals surface area contributed by atoms with Crippen LogP contribution in [0.2, 0.25) is 0 Å². The number of fused-ring (bicyclic) bond motifs is 1. The quantitative estimate of drug-likeness (QED) is 0.573. The highest BCUT2D eigenvalue weighted by Crippen LogP contribution is 2.50. The number of esters is 1. The zero-order chi connectivity index (χ0) is 26.0. The fraction of sp³-hybridized carbons (Fsp3) is 0.231. The number of ether oxygens (including phenoxy) is 2. The number of nitriles is 1. The van der Waals surface area contributed by atoms with E-state index in [1.54, 1.807) is 30.3 Å². The molecule has 2 amide bonds. The number of nitrogens with zero attached hydrogens (tertiary/aromatic N) is 2. The molecular weight excluding hydrogens is 480 g/mol. The summed E-state index contributed by atoms with van der Waals surface area (Å²) >= 11 is 1.06. The van der Waals surface area contributed by atoms with Crippen LogP contribution in [0.3, 0.4) is 0 Å². The van der Waals surface area contributed by atoms with Crippen molar-refractivity contribution in [2.24, 2.45) is 5.73 Å². The van der Waals surface area contributed by atoms with Crippen LogP contribution in [0.4, 0.5) is 5.69 Å². The van der Waals surface area contributed by atoms with E-state index in [0.29, 0.717) is 17.0 Å². The largest absolute Gasteiger partial charge is 0.497 e. The Hall–Kier alpha value is -4.23. The van der Waals surface area contributed by atoms with Crippen LogP contribution in [-0.4, -0.2) is 42.2 Å². The van der Waals surface area contributed by atoms with Crippen LogP contribution >= 0.6 is 11.8 Å². The normalized spacial score (nSPS) is 19.1. The van der Waals surface area contributed by atoms with Gasteiger partial charge in [-0.3, -0.25) is 19.3 Å². The number of anilines is 1. The maximum atomic E-state index is 13.8. The third-order valence-corrected chi connectivity index (χ3v) is 7.23. The van der Waals surface area contributed by atoms with Crippen molar-refractivity contribution in [3.63, 3.8) is 0 Å². The van der Waals surface area contributed by atoms with Crippen LogP contribution in [0.1, 0.15) is 23.5 Å². The SMILES string of the molecule is COC(=O)C[C@@H]1SC2=C(C(=O)Nc3cccc(C)c3)[C@@H](c3ccc(OC)cc3)C(C#N)=C(N)N2C1=O. The molecule has 2 aromatic rings. The Kier molecular flexibility index (Phi) is 7.03. The van der Waals surface area contributed by atoms with E-state index in [4.69, 9.17) is 15.2 Å². The van der Waals surface area contributed by atoms with E-state index in [1.165, 1.54) is 19.1 Å². The van der Waals surface area contributed by atoms with Crippen molar-refractivity contribution in [2.75, 3.05) is 19.5 Å². The van der Waals surface area contributed by atoms with Crippen molar-refractivity contribution in [3.05, 3.63) is 81.7 Å². The maximum Gasteiger partial charge on any atom is 0.307 e. The number of amides is 2. The van der Waals surface area contributed by atoms with Crippen molar-refractivity contribution >= 4 is 35.2 Å². The predicted molar refractivity (Wildman–Crippen MR) is 134 cm³/mol. The molecule has 2 heterocycles. The van der Waals surface area contributed by atoms with E-state index in [2.05, 4.69) is 11.4 Å². The van der Waals surface area contributed by atoms with E-state index in [0.717, 1.165) is 17.3 Å². The first-order chi connectivity index (χ1) is 17.3. The van der Waals surface area contributed by atoms with Gasteiger partial charge in [0.05, 0.1) is 48.8 Å². The first kappa shape index (κ1) is 24.9. The number of allylic oxidation sites excluding steroid dienone is 1. The Morgan fingerprint density at radius 3 is 2.53 bits per heavy atom. The summed E-state index contributed by atoms with van der Waals surface area (Å²) in [6, 6.07) is 16.3. The minimum Gasteiger partial charge on any atom is -0.497 e. The molecule has 0 radical (unpaired) electrons. The summed E-state index contributed by atoms with van der Waals surface area (Å²) in [5, 5.41) is 12.4. The Bertz CT molecular complexity index is 1340. The zero-order valence-corrected chi connectivity index (χ0v) is 20.7. The van der Waals surface area contributed by atoms with Gasteiger partial charge < -0.3 is 20.5 Å². The molecule has 0 aliphatic carbocycles. The van der Waals surface area contributed by atoms with Gasteiger partial charge in [-0.25, -0.2) is 0 Å². The molecule has 4 rings (SSSR count). The fourth-order valence-electron chi connectivity index (χ4n) is 4.19. The highest BCUT2D eigenvalue weighted by atomic mass is 32.2. The van der Waals surface area contributed by atoms with Crippen LogP contribution in [0.25, 0.3) is 0 Å². The molecule has 3 N–H and O–H groups in total. The summed E-state index contributed by atoms with van der Waals surface area (Å²) in [7, 11) is 2.78. The standard InChI is InChI=1S/C26H24N4O5S/c1-14-5-4-6-16(11-14)29-24(32)22-21(15-7-9-17(34-2)10-8-15)18(13-27)23(28)30-25(33)19(36-26(22)30)12-20(31)35-3/h4-11,19,21H,12,28H2,1-3H3,(H,29,32)/t19-,21-/m0/s1. The number of rotatable bonds is 6. The smallest absolute Gasteiger partial charge is 0.307 e. The second-order valence-electron chi connectivity index (χ2n) is 8.22. The molecule has 184 valence electrons. The topological polar surface area (TPSA) is 135 Å². The number of nitrogens with one attached hydrogen (secondary N) is 1.